The molecule has 0 spiro atoms. The van der Waals surface area contributed by atoms with E-state index in [1.54, 1.807) is 6.07 Å². The quantitative estimate of drug-likeness (QED) is 0.635. The van der Waals surface area contributed by atoms with Crippen molar-refractivity contribution in [3.63, 3.8) is 0 Å². The topological polar surface area (TPSA) is 32.7 Å². The molecule has 3 aromatic rings. The number of nitrogens with zero attached hydrogens (tertiary/aromatic N) is 1. The molecule has 2 heterocycles. The smallest absolute Gasteiger partial charge is 0.124 e. The average molecular weight is 400 g/mol. The SMILES string of the molecule is Oc1ccc2c(c1)[C@]1(CCc3ccccc3)CCN(CCc3ccccc3)C[C@@H]1O2. The summed E-state index contributed by atoms with van der Waals surface area (Å²) in [5.41, 5.74) is 3.93. The molecule has 0 amide bonds. The lowest BCUT2D eigenvalue weighted by Crippen LogP contribution is -2.53. The lowest BCUT2D eigenvalue weighted by atomic mass is 9.68. The lowest BCUT2D eigenvalue weighted by molar-refractivity contribution is 0.0388. The number of phenols is 1. The maximum atomic E-state index is 10.2. The van der Waals surface area contributed by atoms with Crippen LogP contribution in [0.3, 0.4) is 0 Å². The molecule has 2 aliphatic heterocycles. The fraction of sp³-hybridized carbons (Fsp3) is 0.333. The van der Waals surface area contributed by atoms with Crippen LogP contribution in [-0.4, -0.2) is 35.7 Å². The Labute approximate surface area is 178 Å². The number of aryl methyl sites for hydroxylation is 1. The summed E-state index contributed by atoms with van der Waals surface area (Å²) in [5.74, 6) is 1.29. The first-order valence-electron chi connectivity index (χ1n) is 11.0. The minimum absolute atomic E-state index is 0.0207. The van der Waals surface area contributed by atoms with Crippen molar-refractivity contribution in [2.24, 2.45) is 0 Å². The van der Waals surface area contributed by atoms with Gasteiger partial charge in [-0.25, -0.2) is 0 Å². The predicted octanol–water partition coefficient (Wildman–Crippen LogP) is 4.97. The highest BCUT2D eigenvalue weighted by atomic mass is 16.5. The highest BCUT2D eigenvalue weighted by Crippen LogP contribution is 2.51. The van der Waals surface area contributed by atoms with E-state index in [0.717, 1.165) is 51.1 Å². The summed E-state index contributed by atoms with van der Waals surface area (Å²) in [6, 6.07) is 27.1. The normalized spacial score (nSPS) is 22.9. The van der Waals surface area contributed by atoms with Gasteiger partial charge in [-0.15, -0.1) is 0 Å². The summed E-state index contributed by atoms with van der Waals surface area (Å²) in [5, 5.41) is 10.2. The number of rotatable bonds is 6. The first-order chi connectivity index (χ1) is 14.7. The minimum Gasteiger partial charge on any atom is -0.508 e. The van der Waals surface area contributed by atoms with Crippen molar-refractivity contribution in [2.45, 2.75) is 37.2 Å². The zero-order valence-electron chi connectivity index (χ0n) is 17.3. The maximum Gasteiger partial charge on any atom is 0.124 e. The Balaban J connectivity index is 1.35. The van der Waals surface area contributed by atoms with E-state index in [0.29, 0.717) is 5.75 Å². The Hall–Kier alpha value is -2.78. The number of aromatic hydroxyl groups is 1. The molecular formula is C27H29NO2. The maximum absolute atomic E-state index is 10.2. The predicted molar refractivity (Wildman–Crippen MR) is 120 cm³/mol. The Bertz CT molecular complexity index is 988. The van der Waals surface area contributed by atoms with Gasteiger partial charge in [-0.1, -0.05) is 60.7 Å². The first kappa shape index (κ1) is 19.2. The van der Waals surface area contributed by atoms with E-state index in [4.69, 9.17) is 4.74 Å². The molecule has 5 rings (SSSR count). The van der Waals surface area contributed by atoms with E-state index in [-0.39, 0.29) is 11.5 Å². The number of likely N-dealkylation sites (tertiary alicyclic amines) is 1. The molecule has 0 aromatic heterocycles. The van der Waals surface area contributed by atoms with Crippen molar-refractivity contribution >= 4 is 0 Å². The van der Waals surface area contributed by atoms with Gasteiger partial charge in [0.15, 0.2) is 0 Å². The molecule has 2 atom stereocenters. The van der Waals surface area contributed by atoms with Crippen molar-refractivity contribution in [1.29, 1.82) is 0 Å². The fourth-order valence-electron chi connectivity index (χ4n) is 5.21. The molecule has 0 unspecified atom stereocenters. The molecule has 3 nitrogen and oxygen atoms in total. The van der Waals surface area contributed by atoms with Crippen molar-refractivity contribution < 1.29 is 9.84 Å². The van der Waals surface area contributed by atoms with E-state index < -0.39 is 0 Å². The Morgan fingerprint density at radius 3 is 2.33 bits per heavy atom. The summed E-state index contributed by atoms with van der Waals surface area (Å²) in [6.07, 6.45) is 4.35. The summed E-state index contributed by atoms with van der Waals surface area (Å²) in [6.45, 7) is 3.06. The largest absolute Gasteiger partial charge is 0.508 e. The van der Waals surface area contributed by atoms with Crippen LogP contribution in [0.1, 0.15) is 29.5 Å². The van der Waals surface area contributed by atoms with Crippen molar-refractivity contribution in [3.05, 3.63) is 95.6 Å². The number of phenolic OH excluding ortho intramolecular Hbond substituents is 1. The van der Waals surface area contributed by atoms with Gasteiger partial charge in [-0.2, -0.15) is 0 Å². The molecule has 3 aromatic carbocycles. The molecule has 0 aliphatic carbocycles. The van der Waals surface area contributed by atoms with Crippen LogP contribution in [0.15, 0.2) is 78.9 Å². The van der Waals surface area contributed by atoms with Gasteiger partial charge in [-0.05, 0) is 61.6 Å². The second-order valence-corrected chi connectivity index (χ2v) is 8.71. The molecule has 154 valence electrons. The second kappa shape index (κ2) is 8.16. The van der Waals surface area contributed by atoms with Gasteiger partial charge in [0.1, 0.15) is 17.6 Å². The van der Waals surface area contributed by atoms with Crippen LogP contribution < -0.4 is 4.74 Å². The molecule has 1 fully saturated rings. The van der Waals surface area contributed by atoms with Gasteiger partial charge in [0.05, 0.1) is 0 Å². The number of piperidine rings is 1. The number of benzene rings is 3. The third kappa shape index (κ3) is 3.70. The van der Waals surface area contributed by atoms with E-state index in [1.165, 1.54) is 16.7 Å². The molecule has 3 heteroatoms. The first-order valence-corrected chi connectivity index (χ1v) is 11.0. The van der Waals surface area contributed by atoms with Crippen LogP contribution >= 0.6 is 0 Å². The molecule has 2 aliphatic rings. The Kier molecular flexibility index (Phi) is 5.22. The summed E-state index contributed by atoms with van der Waals surface area (Å²) in [7, 11) is 0. The van der Waals surface area contributed by atoms with Crippen LogP contribution in [0.4, 0.5) is 0 Å². The van der Waals surface area contributed by atoms with E-state index in [1.807, 2.05) is 12.1 Å². The number of fused-ring (bicyclic) bond motifs is 3. The highest BCUT2D eigenvalue weighted by Gasteiger charge is 2.51. The van der Waals surface area contributed by atoms with Crippen LogP contribution in [0, 0.1) is 0 Å². The fourth-order valence-corrected chi connectivity index (χ4v) is 5.21. The summed E-state index contributed by atoms with van der Waals surface area (Å²) < 4.78 is 6.49. The van der Waals surface area contributed by atoms with Gasteiger partial charge in [0, 0.05) is 24.1 Å². The van der Waals surface area contributed by atoms with Crippen LogP contribution in [-0.2, 0) is 18.3 Å². The molecular weight excluding hydrogens is 370 g/mol. The third-order valence-corrected chi connectivity index (χ3v) is 6.95. The minimum atomic E-state index is -0.0207. The van der Waals surface area contributed by atoms with Crippen molar-refractivity contribution in [2.75, 3.05) is 19.6 Å². The standard InChI is InChI=1S/C27H29NO2/c29-23-11-12-25-24(19-23)27(15-13-21-7-3-1-4-8-21)16-18-28(20-26(27)30-25)17-14-22-9-5-2-6-10-22/h1-12,19,26,29H,13-18,20H2/t26-,27-/m0/s1. The van der Waals surface area contributed by atoms with Gasteiger partial charge in [0.2, 0.25) is 0 Å². The monoisotopic (exact) mass is 399 g/mol. The zero-order valence-corrected chi connectivity index (χ0v) is 17.3. The lowest BCUT2D eigenvalue weighted by Gasteiger charge is -2.43. The van der Waals surface area contributed by atoms with E-state index >= 15 is 0 Å². The van der Waals surface area contributed by atoms with Crippen LogP contribution in [0.5, 0.6) is 11.5 Å². The molecule has 1 N–H and O–H groups in total. The average Bonchev–Trinajstić information content (AvgIpc) is 3.11. The number of hydrogen-bond donors (Lipinski definition) is 1. The Morgan fingerprint density at radius 2 is 1.60 bits per heavy atom. The van der Waals surface area contributed by atoms with E-state index in [2.05, 4.69) is 65.6 Å². The number of ether oxygens (including phenoxy) is 1. The van der Waals surface area contributed by atoms with Crippen molar-refractivity contribution in [3.8, 4) is 11.5 Å². The van der Waals surface area contributed by atoms with Gasteiger partial charge < -0.3 is 9.84 Å². The van der Waals surface area contributed by atoms with Gasteiger partial charge in [-0.3, -0.25) is 4.90 Å². The molecule has 1 saturated heterocycles. The zero-order chi connectivity index (χ0) is 20.4. The molecule has 30 heavy (non-hydrogen) atoms. The Morgan fingerprint density at radius 1 is 0.900 bits per heavy atom. The summed E-state index contributed by atoms with van der Waals surface area (Å²) in [4.78, 5) is 2.55. The summed E-state index contributed by atoms with van der Waals surface area (Å²) >= 11 is 0. The third-order valence-electron chi connectivity index (χ3n) is 6.95. The van der Waals surface area contributed by atoms with Crippen LogP contribution in [0.2, 0.25) is 0 Å². The second-order valence-electron chi connectivity index (χ2n) is 8.71. The number of hydrogen-bond acceptors (Lipinski definition) is 3. The van der Waals surface area contributed by atoms with Crippen LogP contribution in [0.25, 0.3) is 0 Å². The van der Waals surface area contributed by atoms with Gasteiger partial charge >= 0.3 is 0 Å². The molecule has 0 bridgehead atoms. The van der Waals surface area contributed by atoms with E-state index in [9.17, 15) is 5.11 Å². The van der Waals surface area contributed by atoms with Crippen molar-refractivity contribution in [1.82, 2.24) is 4.90 Å². The van der Waals surface area contributed by atoms with Gasteiger partial charge in [0.25, 0.3) is 0 Å². The highest BCUT2D eigenvalue weighted by molar-refractivity contribution is 5.49. The molecule has 0 saturated carbocycles. The molecule has 0 radical (unpaired) electrons.